The van der Waals surface area contributed by atoms with Crippen LogP contribution in [0.4, 0.5) is 5.69 Å². The minimum atomic E-state index is 0.605. The van der Waals surface area contributed by atoms with E-state index in [9.17, 15) is 0 Å². The number of benzene rings is 2. The van der Waals surface area contributed by atoms with Gasteiger partial charge in [0, 0.05) is 6.54 Å². The summed E-state index contributed by atoms with van der Waals surface area (Å²) in [6.45, 7) is 5.47. The highest BCUT2D eigenvalue weighted by Crippen LogP contribution is 2.20. The van der Waals surface area contributed by atoms with Crippen molar-refractivity contribution in [2.45, 2.75) is 13.8 Å². The average molecular weight is 276 g/mol. The van der Waals surface area contributed by atoms with Crippen molar-refractivity contribution >= 4 is 17.3 Å². The van der Waals surface area contributed by atoms with Crippen LogP contribution < -0.4 is 10.1 Å². The van der Waals surface area contributed by atoms with Crippen molar-refractivity contribution in [3.63, 3.8) is 0 Å². The van der Waals surface area contributed by atoms with Gasteiger partial charge in [0.05, 0.1) is 10.7 Å². The fourth-order valence-corrected chi connectivity index (χ4v) is 2.18. The molecule has 100 valence electrons. The third kappa shape index (κ3) is 4.18. The molecule has 2 nitrogen and oxygen atoms in total. The van der Waals surface area contributed by atoms with Crippen LogP contribution in [0.2, 0.25) is 5.02 Å². The van der Waals surface area contributed by atoms with E-state index < -0.39 is 0 Å². The first-order valence-electron chi connectivity index (χ1n) is 6.34. The Morgan fingerprint density at radius 2 is 1.74 bits per heavy atom. The molecule has 0 saturated heterocycles. The third-order valence-corrected chi connectivity index (χ3v) is 3.08. The minimum Gasteiger partial charge on any atom is -0.492 e. The van der Waals surface area contributed by atoms with Crippen LogP contribution >= 0.6 is 11.6 Å². The molecule has 0 aliphatic rings. The summed E-state index contributed by atoms with van der Waals surface area (Å²) in [5.74, 6) is 0.915. The van der Waals surface area contributed by atoms with Crippen molar-refractivity contribution < 1.29 is 4.74 Å². The van der Waals surface area contributed by atoms with Gasteiger partial charge in [-0.1, -0.05) is 29.8 Å². The molecule has 0 aliphatic heterocycles. The van der Waals surface area contributed by atoms with E-state index in [1.807, 2.05) is 36.4 Å². The summed E-state index contributed by atoms with van der Waals surface area (Å²) in [4.78, 5) is 0. The zero-order chi connectivity index (χ0) is 13.7. The van der Waals surface area contributed by atoms with Gasteiger partial charge in [0.25, 0.3) is 0 Å². The van der Waals surface area contributed by atoms with Gasteiger partial charge in [0.1, 0.15) is 12.4 Å². The second-order valence-electron chi connectivity index (χ2n) is 4.58. The van der Waals surface area contributed by atoms with Gasteiger partial charge in [-0.05, 0) is 49.2 Å². The lowest BCUT2D eigenvalue weighted by atomic mass is 10.1. The highest BCUT2D eigenvalue weighted by atomic mass is 35.5. The largest absolute Gasteiger partial charge is 0.492 e. The highest BCUT2D eigenvalue weighted by molar-refractivity contribution is 6.33. The Hall–Kier alpha value is -1.67. The molecule has 3 heteroatoms. The van der Waals surface area contributed by atoms with Crippen LogP contribution in [0.3, 0.4) is 0 Å². The smallest absolute Gasteiger partial charge is 0.119 e. The summed E-state index contributed by atoms with van der Waals surface area (Å²) in [6.07, 6.45) is 0. The summed E-state index contributed by atoms with van der Waals surface area (Å²) in [6, 6.07) is 13.9. The van der Waals surface area contributed by atoms with Gasteiger partial charge < -0.3 is 10.1 Å². The Balaban J connectivity index is 1.82. The number of anilines is 1. The molecule has 0 unspecified atom stereocenters. The molecule has 0 atom stereocenters. The van der Waals surface area contributed by atoms with Crippen LogP contribution in [0.25, 0.3) is 0 Å². The normalized spacial score (nSPS) is 10.3. The van der Waals surface area contributed by atoms with E-state index in [1.165, 1.54) is 11.1 Å². The number of aryl methyl sites for hydroxylation is 2. The van der Waals surface area contributed by atoms with Gasteiger partial charge in [0.2, 0.25) is 0 Å². The number of nitrogens with one attached hydrogen (secondary N) is 1. The Kier molecular flexibility index (Phi) is 4.69. The fraction of sp³-hybridized carbons (Fsp3) is 0.250. The third-order valence-electron chi connectivity index (χ3n) is 2.76. The molecule has 1 N–H and O–H groups in total. The molecular weight excluding hydrogens is 258 g/mol. The summed E-state index contributed by atoms with van der Waals surface area (Å²) >= 11 is 6.06. The lowest BCUT2D eigenvalue weighted by molar-refractivity contribution is 0.332. The second kappa shape index (κ2) is 6.48. The van der Waals surface area contributed by atoms with E-state index >= 15 is 0 Å². The summed E-state index contributed by atoms with van der Waals surface area (Å²) in [7, 11) is 0. The van der Waals surface area contributed by atoms with E-state index in [-0.39, 0.29) is 0 Å². The number of para-hydroxylation sites is 1. The Morgan fingerprint density at radius 1 is 1.05 bits per heavy atom. The van der Waals surface area contributed by atoms with Crippen molar-refractivity contribution in [2.75, 3.05) is 18.5 Å². The van der Waals surface area contributed by atoms with Crippen LogP contribution in [0, 0.1) is 13.8 Å². The van der Waals surface area contributed by atoms with Crippen molar-refractivity contribution in [2.24, 2.45) is 0 Å². The lowest BCUT2D eigenvalue weighted by Gasteiger charge is -2.10. The van der Waals surface area contributed by atoms with E-state index in [1.54, 1.807) is 0 Å². The zero-order valence-electron chi connectivity index (χ0n) is 11.2. The van der Waals surface area contributed by atoms with Gasteiger partial charge >= 0.3 is 0 Å². The molecule has 0 fully saturated rings. The van der Waals surface area contributed by atoms with Crippen LogP contribution in [0.1, 0.15) is 11.1 Å². The molecule has 0 aliphatic carbocycles. The van der Waals surface area contributed by atoms with Gasteiger partial charge in [-0.25, -0.2) is 0 Å². The predicted octanol–water partition coefficient (Wildman–Crippen LogP) is 4.45. The minimum absolute atomic E-state index is 0.605. The monoisotopic (exact) mass is 275 g/mol. The van der Waals surface area contributed by atoms with Crippen molar-refractivity contribution in [1.29, 1.82) is 0 Å². The first-order chi connectivity index (χ1) is 9.15. The topological polar surface area (TPSA) is 21.3 Å². The molecule has 0 bridgehead atoms. The molecule has 0 amide bonds. The Labute approximate surface area is 119 Å². The van der Waals surface area contributed by atoms with Crippen LogP contribution in [0.15, 0.2) is 42.5 Å². The van der Waals surface area contributed by atoms with Gasteiger partial charge in [-0.2, -0.15) is 0 Å². The Bertz CT molecular complexity index is 534. The SMILES string of the molecule is Cc1cc(C)cc(OCCNc2ccccc2Cl)c1. The first-order valence-corrected chi connectivity index (χ1v) is 6.72. The quantitative estimate of drug-likeness (QED) is 0.814. The predicted molar refractivity (Wildman–Crippen MR) is 81.4 cm³/mol. The molecule has 0 saturated carbocycles. The Morgan fingerprint density at radius 3 is 2.42 bits per heavy atom. The molecule has 2 aromatic rings. The first kappa shape index (κ1) is 13.8. The molecule has 2 rings (SSSR count). The van der Waals surface area contributed by atoms with Crippen LogP contribution in [-0.2, 0) is 0 Å². The van der Waals surface area contributed by atoms with Crippen LogP contribution in [-0.4, -0.2) is 13.2 Å². The molecule has 0 radical (unpaired) electrons. The van der Waals surface area contributed by atoms with E-state index in [0.29, 0.717) is 6.61 Å². The standard InChI is InChI=1S/C16H18ClNO/c1-12-9-13(2)11-14(10-12)19-8-7-18-16-6-4-3-5-15(16)17/h3-6,9-11,18H,7-8H2,1-2H3. The number of rotatable bonds is 5. The fourth-order valence-electron chi connectivity index (χ4n) is 1.98. The summed E-state index contributed by atoms with van der Waals surface area (Å²) < 4.78 is 5.72. The zero-order valence-corrected chi connectivity index (χ0v) is 12.0. The van der Waals surface area contributed by atoms with Crippen LogP contribution in [0.5, 0.6) is 5.75 Å². The maximum Gasteiger partial charge on any atom is 0.119 e. The molecular formula is C16H18ClNO. The van der Waals surface area contributed by atoms with Crippen molar-refractivity contribution in [1.82, 2.24) is 0 Å². The average Bonchev–Trinajstić information content (AvgIpc) is 2.35. The van der Waals surface area contributed by atoms with Crippen molar-refractivity contribution in [3.05, 3.63) is 58.6 Å². The van der Waals surface area contributed by atoms with E-state index in [0.717, 1.165) is 23.0 Å². The molecule has 0 spiro atoms. The molecule has 19 heavy (non-hydrogen) atoms. The summed E-state index contributed by atoms with van der Waals surface area (Å²) in [5.41, 5.74) is 3.37. The van der Waals surface area contributed by atoms with Gasteiger partial charge in [-0.15, -0.1) is 0 Å². The second-order valence-corrected chi connectivity index (χ2v) is 4.99. The lowest BCUT2D eigenvalue weighted by Crippen LogP contribution is -2.11. The summed E-state index contributed by atoms with van der Waals surface area (Å²) in [5, 5.41) is 3.99. The molecule has 0 aromatic heterocycles. The van der Waals surface area contributed by atoms with Crippen molar-refractivity contribution in [3.8, 4) is 5.75 Å². The number of ether oxygens (including phenoxy) is 1. The molecule has 0 heterocycles. The maximum atomic E-state index is 6.06. The number of hydrogen-bond donors (Lipinski definition) is 1. The number of hydrogen-bond acceptors (Lipinski definition) is 2. The van der Waals surface area contributed by atoms with Gasteiger partial charge in [-0.3, -0.25) is 0 Å². The van der Waals surface area contributed by atoms with E-state index in [2.05, 4.69) is 25.2 Å². The maximum absolute atomic E-state index is 6.06. The van der Waals surface area contributed by atoms with E-state index in [4.69, 9.17) is 16.3 Å². The number of halogens is 1. The highest BCUT2D eigenvalue weighted by Gasteiger charge is 1.99. The van der Waals surface area contributed by atoms with Gasteiger partial charge in [0.15, 0.2) is 0 Å². The molecule has 2 aromatic carbocycles.